The maximum absolute atomic E-state index is 12.2. The number of hydrogen-bond acceptors (Lipinski definition) is 2. The molecule has 0 spiro atoms. The van der Waals surface area contributed by atoms with Crippen LogP contribution in [0.5, 0.6) is 5.88 Å². The van der Waals surface area contributed by atoms with E-state index in [-0.39, 0.29) is 5.69 Å². The number of pyridine rings is 1. The Kier molecular flexibility index (Phi) is 3.78. The molecule has 0 atom stereocenters. The molecule has 1 heterocycles. The molecular formula is C10H8F6NO. The Morgan fingerprint density at radius 3 is 2.00 bits per heavy atom. The molecule has 0 saturated carbocycles. The van der Waals surface area contributed by atoms with Gasteiger partial charge in [0.25, 0.3) is 6.10 Å². The predicted octanol–water partition coefficient (Wildman–Crippen LogP) is 3.37. The van der Waals surface area contributed by atoms with E-state index in [1.165, 1.54) is 13.8 Å². The van der Waals surface area contributed by atoms with Crippen molar-refractivity contribution in [1.29, 1.82) is 0 Å². The highest BCUT2D eigenvalue weighted by atomic mass is 19.4. The molecule has 1 aromatic heterocycles. The number of nitrogens with zero attached hydrogens (tertiary/aromatic N) is 1. The molecule has 18 heavy (non-hydrogen) atoms. The second kappa shape index (κ2) is 4.66. The van der Waals surface area contributed by atoms with Gasteiger partial charge in [-0.3, -0.25) is 0 Å². The zero-order valence-electron chi connectivity index (χ0n) is 9.28. The van der Waals surface area contributed by atoms with Crippen molar-refractivity contribution >= 4 is 0 Å². The lowest BCUT2D eigenvalue weighted by Gasteiger charge is -2.23. The summed E-state index contributed by atoms with van der Waals surface area (Å²) in [5, 5.41) is 0. The molecule has 0 bridgehead atoms. The first-order valence-corrected chi connectivity index (χ1v) is 4.68. The van der Waals surface area contributed by atoms with E-state index in [1.807, 2.05) is 0 Å². The molecule has 0 aromatic carbocycles. The molecule has 0 unspecified atom stereocenters. The van der Waals surface area contributed by atoms with Gasteiger partial charge >= 0.3 is 12.4 Å². The number of rotatable bonds is 2. The van der Waals surface area contributed by atoms with Crippen LogP contribution in [0, 0.1) is 19.9 Å². The standard InChI is InChI=1S/C10H8F6NO/c1-5-3-6(2)17-7(4-5)18-8(9(11,12)13)10(14,15)16/h4,8H,1-2H3. The minimum Gasteiger partial charge on any atom is -0.455 e. The van der Waals surface area contributed by atoms with Gasteiger partial charge in [-0.1, -0.05) is 0 Å². The lowest BCUT2D eigenvalue weighted by molar-refractivity contribution is -0.300. The van der Waals surface area contributed by atoms with E-state index in [1.54, 1.807) is 0 Å². The normalized spacial score (nSPS) is 12.9. The molecule has 0 fully saturated rings. The molecule has 2 nitrogen and oxygen atoms in total. The molecule has 0 N–H and O–H groups in total. The van der Waals surface area contributed by atoms with Crippen LogP contribution in [-0.4, -0.2) is 23.4 Å². The smallest absolute Gasteiger partial charge is 0.434 e. The van der Waals surface area contributed by atoms with E-state index in [9.17, 15) is 26.3 Å². The summed E-state index contributed by atoms with van der Waals surface area (Å²) in [4.78, 5) is 3.42. The second-order valence-corrected chi connectivity index (χ2v) is 3.57. The van der Waals surface area contributed by atoms with Crippen molar-refractivity contribution in [2.24, 2.45) is 0 Å². The summed E-state index contributed by atoms with van der Waals surface area (Å²) < 4.78 is 77.3. The molecule has 1 radical (unpaired) electrons. The number of aryl methyl sites for hydroxylation is 2. The first-order chi connectivity index (χ1) is 8.00. The third-order valence-corrected chi connectivity index (χ3v) is 1.83. The molecule has 0 aliphatic rings. The quantitative estimate of drug-likeness (QED) is 0.770. The van der Waals surface area contributed by atoms with Crippen LogP contribution < -0.4 is 4.74 Å². The van der Waals surface area contributed by atoms with Gasteiger partial charge in [-0.15, -0.1) is 0 Å². The van der Waals surface area contributed by atoms with Gasteiger partial charge in [-0.2, -0.15) is 26.3 Å². The van der Waals surface area contributed by atoms with Crippen molar-refractivity contribution in [2.75, 3.05) is 0 Å². The third kappa shape index (κ3) is 3.78. The SMILES string of the molecule is Cc1[c]c(C)nc(OC(C(F)(F)F)C(F)(F)F)c1. The first-order valence-electron chi connectivity index (χ1n) is 4.68. The van der Waals surface area contributed by atoms with Crippen LogP contribution in [-0.2, 0) is 0 Å². The molecule has 0 amide bonds. The zero-order chi connectivity index (χ0) is 14.1. The van der Waals surface area contributed by atoms with Gasteiger partial charge in [0, 0.05) is 17.8 Å². The van der Waals surface area contributed by atoms with Crippen molar-refractivity contribution in [3.8, 4) is 5.88 Å². The average Bonchev–Trinajstić information content (AvgIpc) is 2.08. The van der Waals surface area contributed by atoms with Crippen molar-refractivity contribution in [2.45, 2.75) is 32.3 Å². The summed E-state index contributed by atoms with van der Waals surface area (Å²) in [5.41, 5.74) is 0.480. The van der Waals surface area contributed by atoms with Crippen LogP contribution in [0.4, 0.5) is 26.3 Å². The van der Waals surface area contributed by atoms with Gasteiger partial charge in [0.15, 0.2) is 0 Å². The minimum atomic E-state index is -5.55. The van der Waals surface area contributed by atoms with Gasteiger partial charge < -0.3 is 4.74 Å². The predicted molar refractivity (Wildman–Crippen MR) is 49.1 cm³/mol. The molecule has 101 valence electrons. The van der Waals surface area contributed by atoms with Crippen LogP contribution in [0.3, 0.4) is 0 Å². The maximum Gasteiger partial charge on any atom is 0.434 e. The summed E-state index contributed by atoms with van der Waals surface area (Å²) >= 11 is 0. The van der Waals surface area contributed by atoms with E-state index >= 15 is 0 Å². The monoisotopic (exact) mass is 272 g/mol. The van der Waals surface area contributed by atoms with Crippen LogP contribution >= 0.6 is 0 Å². The molecule has 0 aliphatic heterocycles. The van der Waals surface area contributed by atoms with Crippen molar-refractivity contribution < 1.29 is 31.1 Å². The fourth-order valence-corrected chi connectivity index (χ4v) is 1.23. The summed E-state index contributed by atoms with van der Waals surface area (Å²) in [6.07, 6.45) is -15.0. The van der Waals surface area contributed by atoms with Crippen molar-refractivity contribution in [3.05, 3.63) is 23.4 Å². The van der Waals surface area contributed by atoms with Crippen LogP contribution in [0.1, 0.15) is 11.3 Å². The molecule has 1 aromatic rings. The summed E-state index contributed by atoms with van der Waals surface area (Å²) in [6, 6.07) is 3.56. The lowest BCUT2D eigenvalue weighted by atomic mass is 10.2. The van der Waals surface area contributed by atoms with E-state index in [0.717, 1.165) is 6.07 Å². The Morgan fingerprint density at radius 2 is 1.61 bits per heavy atom. The van der Waals surface area contributed by atoms with Gasteiger partial charge in [0.2, 0.25) is 5.88 Å². The summed E-state index contributed by atoms with van der Waals surface area (Å²) in [7, 11) is 0. The van der Waals surface area contributed by atoms with E-state index in [4.69, 9.17) is 0 Å². The van der Waals surface area contributed by atoms with Gasteiger partial charge in [-0.25, -0.2) is 4.98 Å². The first kappa shape index (κ1) is 14.6. The minimum absolute atomic E-state index is 0.146. The fourth-order valence-electron chi connectivity index (χ4n) is 1.23. The fraction of sp³-hybridized carbons (Fsp3) is 0.500. The second-order valence-electron chi connectivity index (χ2n) is 3.57. The van der Waals surface area contributed by atoms with Gasteiger partial charge in [0.05, 0.1) is 0 Å². The van der Waals surface area contributed by atoms with Gasteiger partial charge in [-0.05, 0) is 19.4 Å². The Bertz CT molecular complexity index is 391. The Balaban J connectivity index is 3.04. The average molecular weight is 272 g/mol. The highest BCUT2D eigenvalue weighted by molar-refractivity contribution is 5.22. The summed E-state index contributed by atoms with van der Waals surface area (Å²) in [5.74, 6) is -0.733. The topological polar surface area (TPSA) is 22.1 Å². The van der Waals surface area contributed by atoms with Crippen molar-refractivity contribution in [3.63, 3.8) is 0 Å². The van der Waals surface area contributed by atoms with Gasteiger partial charge in [0.1, 0.15) is 0 Å². The number of aromatic nitrogens is 1. The maximum atomic E-state index is 12.2. The Hall–Kier alpha value is -1.47. The highest BCUT2D eigenvalue weighted by Crippen LogP contribution is 2.36. The highest BCUT2D eigenvalue weighted by Gasteiger charge is 2.59. The van der Waals surface area contributed by atoms with Crippen LogP contribution in [0.25, 0.3) is 0 Å². The van der Waals surface area contributed by atoms with E-state index < -0.39 is 24.3 Å². The van der Waals surface area contributed by atoms with Crippen LogP contribution in [0.15, 0.2) is 6.07 Å². The third-order valence-electron chi connectivity index (χ3n) is 1.83. The lowest BCUT2D eigenvalue weighted by Crippen LogP contribution is -2.46. The number of halogens is 6. The van der Waals surface area contributed by atoms with Crippen molar-refractivity contribution in [1.82, 2.24) is 4.98 Å². The van der Waals surface area contributed by atoms with Crippen LogP contribution in [0.2, 0.25) is 0 Å². The molecule has 0 aliphatic carbocycles. The Labute approximate surface area is 98.6 Å². The van der Waals surface area contributed by atoms with E-state index in [0.29, 0.717) is 5.56 Å². The number of hydrogen-bond donors (Lipinski definition) is 0. The molecule has 1 rings (SSSR count). The zero-order valence-corrected chi connectivity index (χ0v) is 9.28. The largest absolute Gasteiger partial charge is 0.455 e. The number of ether oxygens (including phenoxy) is 1. The van der Waals surface area contributed by atoms with E-state index in [2.05, 4.69) is 15.8 Å². The Morgan fingerprint density at radius 1 is 1.11 bits per heavy atom. The summed E-state index contributed by atoms with van der Waals surface area (Å²) in [6.45, 7) is 2.84. The molecular weight excluding hydrogens is 264 g/mol. The molecule has 8 heteroatoms. The number of alkyl halides is 6. The molecule has 0 saturated heterocycles.